The molecule has 0 radical (unpaired) electrons. The number of hydrogen-bond donors (Lipinski definition) is 2. The van der Waals surface area contributed by atoms with Crippen LogP contribution in [0.3, 0.4) is 0 Å². The van der Waals surface area contributed by atoms with E-state index in [1.165, 1.54) is 12.5 Å². The molecule has 0 bridgehead atoms. The first-order valence-electron chi connectivity index (χ1n) is 15.7. The highest BCUT2D eigenvalue weighted by atomic mass is 16.5. The number of aryl methyl sites for hydroxylation is 1. The van der Waals surface area contributed by atoms with Crippen LogP contribution in [0.4, 0.5) is 0 Å². The van der Waals surface area contributed by atoms with Crippen molar-refractivity contribution in [3.63, 3.8) is 0 Å². The van der Waals surface area contributed by atoms with Gasteiger partial charge in [0.1, 0.15) is 6.04 Å². The first kappa shape index (κ1) is 32.0. The van der Waals surface area contributed by atoms with Gasteiger partial charge < -0.3 is 25.0 Å². The van der Waals surface area contributed by atoms with Gasteiger partial charge in [-0.05, 0) is 67.1 Å². The molecule has 238 valence electrons. The van der Waals surface area contributed by atoms with Gasteiger partial charge in [0.05, 0.1) is 7.11 Å². The third-order valence-corrected chi connectivity index (χ3v) is 9.18. The summed E-state index contributed by atoms with van der Waals surface area (Å²) in [4.78, 5) is 45.2. The van der Waals surface area contributed by atoms with Gasteiger partial charge in [0.2, 0.25) is 11.8 Å². The van der Waals surface area contributed by atoms with Crippen LogP contribution in [0.2, 0.25) is 0 Å². The number of phenols is 1. The lowest BCUT2D eigenvalue weighted by molar-refractivity contribution is -0.137. The van der Waals surface area contributed by atoms with Crippen molar-refractivity contribution in [3.8, 4) is 11.5 Å². The summed E-state index contributed by atoms with van der Waals surface area (Å²) in [5, 5.41) is 12.8. The third kappa shape index (κ3) is 7.48. The standard InChI is InChI=1S/C36H44N4O5/c1-25(41)37-31(21-26-9-6-5-7-10-26)35(44)39-19-17-38(18-20-39)34(43)29-12-8-11-28-23-40(24-30(28)29)36(2,3)16-15-27-13-14-32(42)33(22-27)45-4/h5-14,22,31,42H,15-21,23-24H2,1-4H3,(H,37,41)/t31-/m1/s1. The lowest BCUT2D eigenvalue weighted by Gasteiger charge is -2.37. The number of fused-ring (bicyclic) bond motifs is 1. The van der Waals surface area contributed by atoms with Crippen molar-refractivity contribution in [2.45, 2.75) is 64.7 Å². The van der Waals surface area contributed by atoms with Crippen LogP contribution in [-0.4, -0.2) is 82.4 Å². The van der Waals surface area contributed by atoms with Crippen molar-refractivity contribution < 1.29 is 24.2 Å². The number of amides is 3. The largest absolute Gasteiger partial charge is 0.504 e. The Labute approximate surface area is 265 Å². The van der Waals surface area contributed by atoms with Crippen molar-refractivity contribution >= 4 is 17.7 Å². The van der Waals surface area contributed by atoms with Crippen LogP contribution in [0, 0.1) is 0 Å². The van der Waals surface area contributed by atoms with Crippen molar-refractivity contribution in [1.29, 1.82) is 0 Å². The van der Waals surface area contributed by atoms with E-state index in [9.17, 15) is 19.5 Å². The van der Waals surface area contributed by atoms with E-state index >= 15 is 0 Å². The van der Waals surface area contributed by atoms with Gasteiger partial charge >= 0.3 is 0 Å². The van der Waals surface area contributed by atoms with E-state index in [4.69, 9.17) is 4.74 Å². The molecule has 3 aromatic rings. The predicted molar refractivity (Wildman–Crippen MR) is 173 cm³/mol. The van der Waals surface area contributed by atoms with Crippen LogP contribution in [-0.2, 0) is 35.5 Å². The summed E-state index contributed by atoms with van der Waals surface area (Å²) in [6.07, 6.45) is 2.15. The molecule has 0 unspecified atom stereocenters. The average molecular weight is 613 g/mol. The fourth-order valence-corrected chi connectivity index (χ4v) is 6.35. The second-order valence-electron chi connectivity index (χ2n) is 12.7. The Morgan fingerprint density at radius 3 is 2.31 bits per heavy atom. The SMILES string of the molecule is COc1cc(CCC(C)(C)N2Cc3cccc(C(=O)N4CCN(C(=O)[C@@H](Cc5ccccc5)NC(C)=O)CC4)c3C2)ccc1O. The molecule has 3 aromatic carbocycles. The Morgan fingerprint density at radius 2 is 1.62 bits per heavy atom. The number of benzene rings is 3. The Balaban J connectivity index is 1.20. The Bertz CT molecular complexity index is 1530. The molecule has 1 saturated heterocycles. The monoisotopic (exact) mass is 612 g/mol. The molecule has 1 fully saturated rings. The highest BCUT2D eigenvalue weighted by Crippen LogP contribution is 2.35. The second-order valence-corrected chi connectivity index (χ2v) is 12.7. The molecule has 45 heavy (non-hydrogen) atoms. The normalized spacial score (nSPS) is 15.8. The minimum atomic E-state index is -0.644. The number of aromatic hydroxyl groups is 1. The molecule has 3 amide bonds. The highest BCUT2D eigenvalue weighted by Gasteiger charge is 2.35. The average Bonchev–Trinajstić information content (AvgIpc) is 3.50. The van der Waals surface area contributed by atoms with Crippen LogP contribution in [0.5, 0.6) is 11.5 Å². The van der Waals surface area contributed by atoms with Gasteiger partial charge in [-0.15, -0.1) is 0 Å². The fourth-order valence-electron chi connectivity index (χ4n) is 6.35. The van der Waals surface area contributed by atoms with Crippen molar-refractivity contribution in [2.75, 3.05) is 33.3 Å². The van der Waals surface area contributed by atoms with Gasteiger partial charge in [-0.3, -0.25) is 19.3 Å². The topological polar surface area (TPSA) is 102 Å². The number of ether oxygens (including phenoxy) is 1. The number of carbonyl (C=O) groups is 3. The molecule has 0 saturated carbocycles. The van der Waals surface area contributed by atoms with E-state index in [2.05, 4.69) is 30.1 Å². The number of carbonyl (C=O) groups excluding carboxylic acids is 3. The molecule has 1 atom stereocenters. The molecule has 0 aliphatic carbocycles. The summed E-state index contributed by atoms with van der Waals surface area (Å²) in [7, 11) is 1.55. The zero-order chi connectivity index (χ0) is 32.1. The zero-order valence-corrected chi connectivity index (χ0v) is 26.7. The molecule has 2 heterocycles. The number of phenolic OH excluding ortho intramolecular Hbond substituents is 1. The van der Waals surface area contributed by atoms with Crippen LogP contribution in [0.1, 0.15) is 59.8 Å². The molecule has 2 aliphatic heterocycles. The van der Waals surface area contributed by atoms with Crippen molar-refractivity contribution in [3.05, 3.63) is 94.5 Å². The Kier molecular flexibility index (Phi) is 9.77. The second kappa shape index (κ2) is 13.7. The lowest BCUT2D eigenvalue weighted by Crippen LogP contribution is -2.56. The van der Waals surface area contributed by atoms with Crippen molar-refractivity contribution in [2.24, 2.45) is 0 Å². The maximum atomic E-state index is 13.8. The first-order chi connectivity index (χ1) is 21.6. The van der Waals surface area contributed by atoms with Crippen LogP contribution in [0.25, 0.3) is 0 Å². The van der Waals surface area contributed by atoms with E-state index in [1.807, 2.05) is 59.5 Å². The van der Waals surface area contributed by atoms with Gasteiger partial charge in [0, 0.05) is 63.7 Å². The van der Waals surface area contributed by atoms with Gasteiger partial charge in [-0.2, -0.15) is 0 Å². The van der Waals surface area contributed by atoms with Crippen LogP contribution >= 0.6 is 0 Å². The van der Waals surface area contributed by atoms with Gasteiger partial charge in [0.25, 0.3) is 5.91 Å². The van der Waals surface area contributed by atoms with Gasteiger partial charge in [0.15, 0.2) is 11.5 Å². The number of piperazine rings is 1. The van der Waals surface area contributed by atoms with Gasteiger partial charge in [-0.25, -0.2) is 0 Å². The molecule has 9 heteroatoms. The smallest absolute Gasteiger partial charge is 0.254 e. The fraction of sp³-hybridized carbons (Fsp3) is 0.417. The molecule has 2 aliphatic rings. The number of nitrogens with one attached hydrogen (secondary N) is 1. The molecular weight excluding hydrogens is 568 g/mol. The highest BCUT2D eigenvalue weighted by molar-refractivity contribution is 5.96. The number of methoxy groups -OCH3 is 1. The van der Waals surface area contributed by atoms with E-state index in [0.717, 1.165) is 41.6 Å². The Morgan fingerprint density at radius 1 is 0.911 bits per heavy atom. The Hall–Kier alpha value is -4.37. The molecule has 0 spiro atoms. The molecular formula is C36H44N4O5. The summed E-state index contributed by atoms with van der Waals surface area (Å²) in [5.41, 5.74) is 4.94. The van der Waals surface area contributed by atoms with Crippen LogP contribution < -0.4 is 10.1 Å². The summed E-state index contributed by atoms with van der Waals surface area (Å²) in [6.45, 7) is 9.10. The maximum absolute atomic E-state index is 13.8. The summed E-state index contributed by atoms with van der Waals surface area (Å²) < 4.78 is 5.28. The number of hydrogen-bond acceptors (Lipinski definition) is 6. The number of rotatable bonds is 10. The first-order valence-corrected chi connectivity index (χ1v) is 15.7. The molecule has 0 aromatic heterocycles. The minimum Gasteiger partial charge on any atom is -0.504 e. The third-order valence-electron chi connectivity index (χ3n) is 9.18. The van der Waals surface area contributed by atoms with Crippen molar-refractivity contribution in [1.82, 2.24) is 20.0 Å². The van der Waals surface area contributed by atoms with E-state index in [-0.39, 0.29) is 29.0 Å². The van der Waals surface area contributed by atoms with E-state index in [1.54, 1.807) is 18.1 Å². The van der Waals surface area contributed by atoms with E-state index < -0.39 is 6.04 Å². The van der Waals surface area contributed by atoms with Crippen LogP contribution in [0.15, 0.2) is 66.7 Å². The summed E-state index contributed by atoms with van der Waals surface area (Å²) >= 11 is 0. The van der Waals surface area contributed by atoms with Gasteiger partial charge in [-0.1, -0.05) is 48.5 Å². The minimum absolute atomic E-state index is 0.00232. The lowest BCUT2D eigenvalue weighted by atomic mass is 9.93. The summed E-state index contributed by atoms with van der Waals surface area (Å²) in [5.74, 6) is 0.252. The number of nitrogens with zero attached hydrogens (tertiary/aromatic N) is 3. The molecule has 5 rings (SSSR count). The quantitative estimate of drug-likeness (QED) is 0.357. The summed E-state index contributed by atoms with van der Waals surface area (Å²) in [6, 6.07) is 20.5. The molecule has 2 N–H and O–H groups in total. The predicted octanol–water partition coefficient (Wildman–Crippen LogP) is 4.16. The maximum Gasteiger partial charge on any atom is 0.254 e. The molecule has 9 nitrogen and oxygen atoms in total. The van der Waals surface area contributed by atoms with E-state index in [0.29, 0.717) is 44.9 Å². The zero-order valence-electron chi connectivity index (χ0n) is 26.7.